The summed E-state index contributed by atoms with van der Waals surface area (Å²) in [6.07, 6.45) is 6.23. The SMILES string of the molecule is Clc1ccc(-c2cn[nH]c2C2CCCN(Cc3ccnc4ccccc34)C2)cc1. The van der Waals surface area contributed by atoms with E-state index in [1.54, 1.807) is 0 Å². The van der Waals surface area contributed by atoms with Crippen LogP contribution in [-0.4, -0.2) is 33.2 Å². The molecule has 2 aromatic carbocycles. The third kappa shape index (κ3) is 3.78. The predicted octanol–water partition coefficient (Wildman–Crippen LogP) is 5.66. The van der Waals surface area contributed by atoms with Crippen LogP contribution in [0.4, 0.5) is 0 Å². The average molecular weight is 403 g/mol. The maximum absolute atomic E-state index is 6.06. The first-order valence-corrected chi connectivity index (χ1v) is 10.5. The van der Waals surface area contributed by atoms with Crippen LogP contribution >= 0.6 is 11.6 Å². The molecule has 3 heterocycles. The van der Waals surface area contributed by atoms with Crippen LogP contribution in [0.25, 0.3) is 22.0 Å². The number of likely N-dealkylation sites (tertiary alicyclic amines) is 1. The summed E-state index contributed by atoms with van der Waals surface area (Å²) < 4.78 is 0. The zero-order valence-electron chi connectivity index (χ0n) is 16.2. The highest BCUT2D eigenvalue weighted by atomic mass is 35.5. The molecule has 29 heavy (non-hydrogen) atoms. The Morgan fingerprint density at radius 1 is 1.07 bits per heavy atom. The number of rotatable bonds is 4. The largest absolute Gasteiger partial charge is 0.298 e. The first-order chi connectivity index (χ1) is 14.3. The Kier molecular flexibility index (Phi) is 5.04. The monoisotopic (exact) mass is 402 g/mol. The van der Waals surface area contributed by atoms with E-state index in [9.17, 15) is 0 Å². The molecule has 1 unspecified atom stereocenters. The van der Waals surface area contributed by atoms with Gasteiger partial charge in [0.05, 0.1) is 11.7 Å². The molecule has 5 heteroatoms. The van der Waals surface area contributed by atoms with Gasteiger partial charge in [-0.15, -0.1) is 0 Å². The fourth-order valence-corrected chi connectivity index (χ4v) is 4.56. The Morgan fingerprint density at radius 2 is 1.93 bits per heavy atom. The zero-order valence-corrected chi connectivity index (χ0v) is 16.9. The molecule has 1 saturated heterocycles. The summed E-state index contributed by atoms with van der Waals surface area (Å²) in [6, 6.07) is 18.6. The lowest BCUT2D eigenvalue weighted by molar-refractivity contribution is 0.199. The van der Waals surface area contributed by atoms with E-state index in [0.29, 0.717) is 5.92 Å². The molecule has 1 aliphatic heterocycles. The van der Waals surface area contributed by atoms with Crippen LogP contribution in [0.1, 0.15) is 30.0 Å². The number of para-hydroxylation sites is 1. The molecule has 1 aliphatic rings. The minimum Gasteiger partial charge on any atom is -0.298 e. The average Bonchev–Trinajstić information content (AvgIpc) is 3.25. The van der Waals surface area contributed by atoms with Gasteiger partial charge in [-0.3, -0.25) is 15.0 Å². The lowest BCUT2D eigenvalue weighted by Crippen LogP contribution is -2.34. The highest BCUT2D eigenvalue weighted by molar-refractivity contribution is 6.30. The van der Waals surface area contributed by atoms with Crippen LogP contribution in [-0.2, 0) is 6.54 Å². The lowest BCUT2D eigenvalue weighted by atomic mass is 9.90. The Morgan fingerprint density at radius 3 is 2.83 bits per heavy atom. The fraction of sp³-hybridized carbons (Fsp3) is 0.250. The third-order valence-corrected chi connectivity index (χ3v) is 6.12. The van der Waals surface area contributed by atoms with Gasteiger partial charge < -0.3 is 0 Å². The molecule has 4 nitrogen and oxygen atoms in total. The molecule has 0 saturated carbocycles. The maximum Gasteiger partial charge on any atom is 0.0705 e. The zero-order chi connectivity index (χ0) is 19.6. The number of halogens is 1. The molecule has 0 radical (unpaired) electrons. The molecular formula is C24H23ClN4. The van der Waals surface area contributed by atoms with Crippen molar-refractivity contribution in [2.24, 2.45) is 0 Å². The van der Waals surface area contributed by atoms with Crippen LogP contribution in [0.15, 0.2) is 67.0 Å². The lowest BCUT2D eigenvalue weighted by Gasteiger charge is -2.33. The number of benzene rings is 2. The number of pyridine rings is 1. The molecule has 0 aliphatic carbocycles. The van der Waals surface area contributed by atoms with E-state index in [4.69, 9.17) is 11.6 Å². The van der Waals surface area contributed by atoms with E-state index in [1.165, 1.54) is 35.0 Å². The summed E-state index contributed by atoms with van der Waals surface area (Å²) in [5, 5.41) is 9.65. The first kappa shape index (κ1) is 18.3. The molecule has 0 bridgehead atoms. The van der Waals surface area contributed by atoms with Crippen molar-refractivity contribution >= 4 is 22.5 Å². The van der Waals surface area contributed by atoms with Crippen molar-refractivity contribution in [2.75, 3.05) is 13.1 Å². The normalized spacial score (nSPS) is 17.6. The molecule has 4 aromatic rings. The van der Waals surface area contributed by atoms with Gasteiger partial charge in [0, 0.05) is 46.9 Å². The second-order valence-electron chi connectivity index (χ2n) is 7.77. The predicted molar refractivity (Wildman–Crippen MR) is 118 cm³/mol. The first-order valence-electron chi connectivity index (χ1n) is 10.1. The number of hydrogen-bond acceptors (Lipinski definition) is 3. The van der Waals surface area contributed by atoms with E-state index < -0.39 is 0 Å². The van der Waals surface area contributed by atoms with Gasteiger partial charge in [-0.25, -0.2) is 0 Å². The van der Waals surface area contributed by atoms with Crippen molar-refractivity contribution in [3.8, 4) is 11.1 Å². The summed E-state index contributed by atoms with van der Waals surface area (Å²) in [4.78, 5) is 7.06. The minimum absolute atomic E-state index is 0.449. The number of nitrogens with zero attached hydrogens (tertiary/aromatic N) is 3. The Hall–Kier alpha value is -2.69. The molecule has 1 N–H and O–H groups in total. The number of fused-ring (bicyclic) bond motifs is 1. The molecule has 1 atom stereocenters. The Balaban J connectivity index is 1.38. The molecule has 0 amide bonds. The second-order valence-corrected chi connectivity index (χ2v) is 8.20. The summed E-state index contributed by atoms with van der Waals surface area (Å²) >= 11 is 6.06. The minimum atomic E-state index is 0.449. The van der Waals surface area contributed by atoms with Crippen molar-refractivity contribution in [2.45, 2.75) is 25.3 Å². The standard InChI is InChI=1S/C24H23ClN4/c25-20-9-7-17(8-10-20)22-14-27-28-24(22)19-4-3-13-29(16-19)15-18-11-12-26-23-6-2-1-5-21(18)23/h1-2,5-12,14,19H,3-4,13,15-16H2,(H,27,28). The Labute approximate surface area is 175 Å². The number of nitrogens with one attached hydrogen (secondary N) is 1. The van der Waals surface area contributed by atoms with E-state index in [2.05, 4.69) is 56.5 Å². The smallest absolute Gasteiger partial charge is 0.0705 e. The van der Waals surface area contributed by atoms with Crippen LogP contribution in [0.5, 0.6) is 0 Å². The van der Waals surface area contributed by atoms with Crippen molar-refractivity contribution in [1.29, 1.82) is 0 Å². The molecule has 0 spiro atoms. The van der Waals surface area contributed by atoms with E-state index in [1.807, 2.05) is 30.6 Å². The van der Waals surface area contributed by atoms with Gasteiger partial charge in [-0.05, 0) is 54.8 Å². The van der Waals surface area contributed by atoms with Gasteiger partial charge in [0.1, 0.15) is 0 Å². The van der Waals surface area contributed by atoms with Crippen molar-refractivity contribution < 1.29 is 0 Å². The number of piperidine rings is 1. The summed E-state index contributed by atoms with van der Waals surface area (Å²) in [6.45, 7) is 3.10. The van der Waals surface area contributed by atoms with Gasteiger partial charge in [0.15, 0.2) is 0 Å². The quantitative estimate of drug-likeness (QED) is 0.479. The van der Waals surface area contributed by atoms with Crippen LogP contribution in [0.2, 0.25) is 5.02 Å². The van der Waals surface area contributed by atoms with Crippen molar-refractivity contribution in [1.82, 2.24) is 20.1 Å². The topological polar surface area (TPSA) is 44.8 Å². The molecule has 2 aromatic heterocycles. The fourth-order valence-electron chi connectivity index (χ4n) is 4.44. The second kappa shape index (κ2) is 7.97. The van der Waals surface area contributed by atoms with E-state index >= 15 is 0 Å². The van der Waals surface area contributed by atoms with Gasteiger partial charge in [0.25, 0.3) is 0 Å². The highest BCUT2D eigenvalue weighted by Crippen LogP contribution is 2.34. The van der Waals surface area contributed by atoms with Gasteiger partial charge in [-0.1, -0.05) is 41.9 Å². The molecule has 146 valence electrons. The number of aromatic nitrogens is 3. The van der Waals surface area contributed by atoms with Gasteiger partial charge in [0.2, 0.25) is 0 Å². The number of hydrogen-bond donors (Lipinski definition) is 1. The molecule has 1 fully saturated rings. The van der Waals surface area contributed by atoms with E-state index in [-0.39, 0.29) is 0 Å². The third-order valence-electron chi connectivity index (χ3n) is 5.87. The van der Waals surface area contributed by atoms with Crippen LogP contribution < -0.4 is 0 Å². The highest BCUT2D eigenvalue weighted by Gasteiger charge is 2.25. The van der Waals surface area contributed by atoms with Crippen molar-refractivity contribution in [3.05, 3.63) is 83.3 Å². The number of aromatic amines is 1. The van der Waals surface area contributed by atoms with E-state index in [0.717, 1.165) is 35.7 Å². The summed E-state index contributed by atoms with van der Waals surface area (Å²) in [5.74, 6) is 0.449. The van der Waals surface area contributed by atoms with Crippen LogP contribution in [0, 0.1) is 0 Å². The van der Waals surface area contributed by atoms with Crippen molar-refractivity contribution in [3.63, 3.8) is 0 Å². The van der Waals surface area contributed by atoms with Gasteiger partial charge in [-0.2, -0.15) is 5.10 Å². The maximum atomic E-state index is 6.06. The summed E-state index contributed by atoms with van der Waals surface area (Å²) in [5.41, 5.74) is 5.99. The summed E-state index contributed by atoms with van der Waals surface area (Å²) in [7, 11) is 0. The molecular weight excluding hydrogens is 380 g/mol. The molecule has 5 rings (SSSR count). The Bertz CT molecular complexity index is 1110. The van der Waals surface area contributed by atoms with Gasteiger partial charge >= 0.3 is 0 Å². The van der Waals surface area contributed by atoms with Crippen LogP contribution in [0.3, 0.4) is 0 Å². The number of H-pyrrole nitrogens is 1.